The van der Waals surface area contributed by atoms with Gasteiger partial charge in [0.1, 0.15) is 0 Å². The van der Waals surface area contributed by atoms with Crippen LogP contribution in [0.15, 0.2) is 18.2 Å². The molecule has 0 saturated carbocycles. The molecule has 120 valence electrons. The van der Waals surface area contributed by atoms with Gasteiger partial charge >= 0.3 is 0 Å². The van der Waals surface area contributed by atoms with E-state index >= 15 is 0 Å². The summed E-state index contributed by atoms with van der Waals surface area (Å²) >= 11 is 0. The van der Waals surface area contributed by atoms with Gasteiger partial charge < -0.3 is 19.9 Å². The van der Waals surface area contributed by atoms with E-state index in [4.69, 9.17) is 19.9 Å². The Morgan fingerprint density at radius 1 is 1.19 bits per heavy atom. The predicted molar refractivity (Wildman–Crippen MR) is 81.2 cm³/mol. The van der Waals surface area contributed by atoms with E-state index in [0.29, 0.717) is 39.3 Å². The summed E-state index contributed by atoms with van der Waals surface area (Å²) < 4.78 is 29.4. The lowest BCUT2D eigenvalue weighted by Crippen LogP contribution is -2.21. The Balaban J connectivity index is 2.29. The molecule has 4 nitrogen and oxygen atoms in total. The molecular weight excluding hydrogens is 273 g/mol. The standard InChI is InChI=1S/C16H26FNO3/c1-3-14(18)11-13-5-6-16(15(17)12-13)21-8-4-7-20-10-9-19-2/h5-6,12,14H,3-4,7-11,18H2,1-2H3. The molecule has 5 heteroatoms. The van der Waals surface area contributed by atoms with Crippen LogP contribution in [0.3, 0.4) is 0 Å². The van der Waals surface area contributed by atoms with Crippen LogP contribution < -0.4 is 10.5 Å². The van der Waals surface area contributed by atoms with Gasteiger partial charge in [0.2, 0.25) is 0 Å². The highest BCUT2D eigenvalue weighted by Gasteiger charge is 2.07. The van der Waals surface area contributed by atoms with Crippen molar-refractivity contribution >= 4 is 0 Å². The van der Waals surface area contributed by atoms with Gasteiger partial charge in [0.25, 0.3) is 0 Å². The van der Waals surface area contributed by atoms with Crippen molar-refractivity contribution in [2.24, 2.45) is 5.73 Å². The Hall–Kier alpha value is -1.17. The lowest BCUT2D eigenvalue weighted by atomic mass is 10.0. The molecule has 1 aromatic carbocycles. The molecule has 0 spiro atoms. The highest BCUT2D eigenvalue weighted by molar-refractivity contribution is 5.29. The fourth-order valence-corrected chi connectivity index (χ4v) is 1.82. The minimum atomic E-state index is -0.337. The average Bonchev–Trinajstić information content (AvgIpc) is 2.48. The first kappa shape index (κ1) is 17.9. The zero-order valence-electron chi connectivity index (χ0n) is 12.9. The number of nitrogens with two attached hydrogens (primary N) is 1. The zero-order chi connectivity index (χ0) is 15.5. The Bertz CT molecular complexity index is 401. The van der Waals surface area contributed by atoms with E-state index in [0.717, 1.165) is 12.0 Å². The number of benzene rings is 1. The molecule has 0 radical (unpaired) electrons. The van der Waals surface area contributed by atoms with Crippen molar-refractivity contribution in [3.8, 4) is 5.75 Å². The third kappa shape index (κ3) is 7.41. The lowest BCUT2D eigenvalue weighted by Gasteiger charge is -2.11. The average molecular weight is 299 g/mol. The van der Waals surface area contributed by atoms with Crippen LogP contribution >= 0.6 is 0 Å². The van der Waals surface area contributed by atoms with Gasteiger partial charge in [-0.25, -0.2) is 4.39 Å². The third-order valence-corrected chi connectivity index (χ3v) is 3.14. The van der Waals surface area contributed by atoms with E-state index < -0.39 is 0 Å². The van der Waals surface area contributed by atoms with E-state index in [9.17, 15) is 4.39 Å². The van der Waals surface area contributed by atoms with Gasteiger partial charge in [-0.1, -0.05) is 13.0 Å². The number of hydrogen-bond acceptors (Lipinski definition) is 4. The van der Waals surface area contributed by atoms with Crippen molar-refractivity contribution in [3.05, 3.63) is 29.6 Å². The number of methoxy groups -OCH3 is 1. The van der Waals surface area contributed by atoms with Crippen LogP contribution in [0.4, 0.5) is 4.39 Å². The predicted octanol–water partition coefficient (Wildman–Crippen LogP) is 2.54. The van der Waals surface area contributed by atoms with Crippen LogP contribution in [0.1, 0.15) is 25.3 Å². The van der Waals surface area contributed by atoms with Crippen molar-refractivity contribution in [1.29, 1.82) is 0 Å². The van der Waals surface area contributed by atoms with Crippen LogP contribution in [0.2, 0.25) is 0 Å². The van der Waals surface area contributed by atoms with E-state index in [-0.39, 0.29) is 17.6 Å². The van der Waals surface area contributed by atoms with Crippen molar-refractivity contribution < 1.29 is 18.6 Å². The highest BCUT2D eigenvalue weighted by atomic mass is 19.1. The normalized spacial score (nSPS) is 12.4. The van der Waals surface area contributed by atoms with Crippen molar-refractivity contribution in [3.63, 3.8) is 0 Å². The van der Waals surface area contributed by atoms with Crippen molar-refractivity contribution in [1.82, 2.24) is 0 Å². The molecule has 1 unspecified atom stereocenters. The van der Waals surface area contributed by atoms with Crippen LogP contribution in [0.5, 0.6) is 5.75 Å². The molecule has 0 aliphatic heterocycles. The van der Waals surface area contributed by atoms with E-state index in [2.05, 4.69) is 0 Å². The van der Waals surface area contributed by atoms with E-state index in [1.165, 1.54) is 6.07 Å². The molecule has 1 aromatic rings. The first-order valence-corrected chi connectivity index (χ1v) is 7.40. The zero-order valence-corrected chi connectivity index (χ0v) is 12.9. The second kappa shape index (κ2) is 10.5. The molecule has 0 aromatic heterocycles. The molecule has 0 aliphatic rings. The smallest absolute Gasteiger partial charge is 0.165 e. The molecule has 0 heterocycles. The maximum Gasteiger partial charge on any atom is 0.165 e. The van der Waals surface area contributed by atoms with Crippen molar-refractivity contribution in [2.75, 3.05) is 33.5 Å². The Kier molecular flexibility index (Phi) is 8.98. The van der Waals surface area contributed by atoms with Gasteiger partial charge in [0, 0.05) is 26.2 Å². The molecule has 0 saturated heterocycles. The first-order chi connectivity index (χ1) is 10.2. The first-order valence-electron chi connectivity index (χ1n) is 7.40. The minimum absolute atomic E-state index is 0.0698. The monoisotopic (exact) mass is 299 g/mol. The molecule has 21 heavy (non-hydrogen) atoms. The van der Waals surface area contributed by atoms with E-state index in [1.54, 1.807) is 13.2 Å². The van der Waals surface area contributed by atoms with Gasteiger partial charge in [0.05, 0.1) is 19.8 Å². The van der Waals surface area contributed by atoms with Gasteiger partial charge in [-0.3, -0.25) is 0 Å². The lowest BCUT2D eigenvalue weighted by molar-refractivity contribution is 0.0642. The maximum absolute atomic E-state index is 13.9. The maximum atomic E-state index is 13.9. The van der Waals surface area contributed by atoms with Gasteiger partial charge in [-0.15, -0.1) is 0 Å². The van der Waals surface area contributed by atoms with E-state index in [1.807, 2.05) is 13.0 Å². The molecule has 2 N–H and O–H groups in total. The summed E-state index contributed by atoms with van der Waals surface area (Å²) in [6.07, 6.45) is 2.27. The summed E-state index contributed by atoms with van der Waals surface area (Å²) in [6.45, 7) is 4.17. The fourth-order valence-electron chi connectivity index (χ4n) is 1.82. The summed E-state index contributed by atoms with van der Waals surface area (Å²) in [4.78, 5) is 0. The quantitative estimate of drug-likeness (QED) is 0.638. The number of rotatable bonds is 11. The summed E-state index contributed by atoms with van der Waals surface area (Å²) in [7, 11) is 1.63. The molecule has 1 rings (SSSR count). The Morgan fingerprint density at radius 3 is 2.67 bits per heavy atom. The van der Waals surface area contributed by atoms with Crippen LogP contribution in [0.25, 0.3) is 0 Å². The molecule has 0 bridgehead atoms. The summed E-state index contributed by atoms with van der Waals surface area (Å²) in [5.74, 6) is -0.0585. The third-order valence-electron chi connectivity index (χ3n) is 3.14. The molecule has 0 amide bonds. The molecule has 0 aliphatic carbocycles. The molecular formula is C16H26FNO3. The summed E-state index contributed by atoms with van der Waals surface area (Å²) in [5.41, 5.74) is 6.76. The molecule has 1 atom stereocenters. The minimum Gasteiger partial charge on any atom is -0.490 e. The van der Waals surface area contributed by atoms with Crippen LogP contribution in [-0.2, 0) is 15.9 Å². The number of hydrogen-bond donors (Lipinski definition) is 1. The van der Waals surface area contributed by atoms with Gasteiger partial charge in [-0.05, 0) is 30.5 Å². The van der Waals surface area contributed by atoms with Gasteiger partial charge in [0.15, 0.2) is 11.6 Å². The SMILES string of the molecule is CCC(N)Cc1ccc(OCCCOCCOC)c(F)c1. The largest absolute Gasteiger partial charge is 0.490 e. The Morgan fingerprint density at radius 2 is 2.00 bits per heavy atom. The highest BCUT2D eigenvalue weighted by Crippen LogP contribution is 2.19. The van der Waals surface area contributed by atoms with Crippen LogP contribution in [0, 0.1) is 5.82 Å². The topological polar surface area (TPSA) is 53.7 Å². The van der Waals surface area contributed by atoms with Crippen molar-refractivity contribution in [2.45, 2.75) is 32.2 Å². The second-order valence-corrected chi connectivity index (χ2v) is 4.94. The summed E-state index contributed by atoms with van der Waals surface area (Å²) in [5, 5.41) is 0. The fraction of sp³-hybridized carbons (Fsp3) is 0.625. The number of ether oxygens (including phenoxy) is 3. The Labute approximate surface area is 126 Å². The molecule has 0 fully saturated rings. The number of halogens is 1. The van der Waals surface area contributed by atoms with Gasteiger partial charge in [-0.2, -0.15) is 0 Å². The van der Waals surface area contributed by atoms with Crippen LogP contribution in [-0.4, -0.2) is 39.6 Å². The second-order valence-electron chi connectivity index (χ2n) is 4.94. The summed E-state index contributed by atoms with van der Waals surface area (Å²) in [6, 6.07) is 5.10.